The van der Waals surface area contributed by atoms with Crippen LogP contribution < -0.4 is 5.32 Å². The van der Waals surface area contributed by atoms with Crippen molar-refractivity contribution in [3.8, 4) is 0 Å². The smallest absolute Gasteiger partial charge is 0.323 e. The van der Waals surface area contributed by atoms with E-state index in [0.717, 1.165) is 0 Å². The summed E-state index contributed by atoms with van der Waals surface area (Å²) in [5.74, 6) is -0.0161. The Balaban J connectivity index is 2.18. The highest BCUT2D eigenvalue weighted by molar-refractivity contribution is 5.85. The molecule has 0 aliphatic heterocycles. The van der Waals surface area contributed by atoms with Gasteiger partial charge in [-0.1, -0.05) is 56.3 Å². The third-order valence-corrected chi connectivity index (χ3v) is 3.51. The van der Waals surface area contributed by atoms with Crippen molar-refractivity contribution in [3.63, 3.8) is 0 Å². The van der Waals surface area contributed by atoms with Crippen LogP contribution in [0.3, 0.4) is 0 Å². The molecular weight excluding hydrogens is 250 g/mol. The number of nitrogens with one attached hydrogen (secondary N) is 1. The second-order valence-electron chi connectivity index (χ2n) is 5.26. The van der Waals surface area contributed by atoms with Gasteiger partial charge in [0.25, 0.3) is 0 Å². The van der Waals surface area contributed by atoms with Crippen LogP contribution in [0.2, 0.25) is 0 Å². The van der Waals surface area contributed by atoms with E-state index in [-0.39, 0.29) is 17.9 Å². The molecule has 0 spiro atoms. The molecule has 1 N–H and O–H groups in total. The van der Waals surface area contributed by atoms with Crippen LogP contribution in [0.1, 0.15) is 19.4 Å². The van der Waals surface area contributed by atoms with Gasteiger partial charge in [-0.2, -0.15) is 0 Å². The Morgan fingerprint density at radius 1 is 1.15 bits per heavy atom. The maximum Gasteiger partial charge on any atom is 0.323 e. The van der Waals surface area contributed by atoms with Gasteiger partial charge in [0.2, 0.25) is 0 Å². The zero-order valence-corrected chi connectivity index (χ0v) is 12.2. The quantitative estimate of drug-likeness (QED) is 0.849. The minimum atomic E-state index is -0.279. The number of methoxy groups -OCH3 is 1. The summed E-state index contributed by atoms with van der Waals surface area (Å²) in [6.07, 6.45) is 0. The molecule has 0 bridgehead atoms. The first-order valence-corrected chi connectivity index (χ1v) is 6.91. The molecule has 0 amide bonds. The molecule has 0 radical (unpaired) electrons. The highest BCUT2D eigenvalue weighted by Gasteiger charge is 2.22. The molecule has 20 heavy (non-hydrogen) atoms. The molecule has 0 aliphatic carbocycles. The van der Waals surface area contributed by atoms with Gasteiger partial charge in [0.1, 0.15) is 6.04 Å². The second-order valence-corrected chi connectivity index (χ2v) is 5.26. The van der Waals surface area contributed by atoms with Crippen molar-refractivity contribution in [3.05, 3.63) is 48.0 Å². The van der Waals surface area contributed by atoms with Gasteiger partial charge in [0.15, 0.2) is 0 Å². The van der Waals surface area contributed by atoms with E-state index in [1.165, 1.54) is 23.4 Å². The summed E-state index contributed by atoms with van der Waals surface area (Å²) in [6.45, 7) is 4.68. The minimum absolute atomic E-state index is 0.192. The molecule has 2 aromatic carbocycles. The summed E-state index contributed by atoms with van der Waals surface area (Å²) in [6, 6.07) is 14.2. The van der Waals surface area contributed by atoms with Crippen molar-refractivity contribution >= 4 is 16.7 Å². The summed E-state index contributed by atoms with van der Waals surface area (Å²) in [5, 5.41) is 5.74. The lowest BCUT2D eigenvalue weighted by Crippen LogP contribution is -2.41. The highest BCUT2D eigenvalue weighted by atomic mass is 16.5. The van der Waals surface area contributed by atoms with Gasteiger partial charge in [0.05, 0.1) is 7.11 Å². The van der Waals surface area contributed by atoms with Crippen LogP contribution >= 0.6 is 0 Å². The number of rotatable bonds is 5. The molecule has 3 heteroatoms. The fourth-order valence-electron chi connectivity index (χ4n) is 2.38. The normalized spacial score (nSPS) is 12.6. The Kier molecular flexibility index (Phi) is 4.74. The number of esters is 1. The van der Waals surface area contributed by atoms with Crippen LogP contribution in [0, 0.1) is 5.92 Å². The SMILES string of the molecule is COC(=O)[C@@H](NCc1cccc2ccccc12)C(C)C. The standard InChI is InChI=1S/C17H21NO2/c1-12(2)16(17(19)20-3)18-11-14-9-6-8-13-7-4-5-10-15(13)14/h4-10,12,16,18H,11H2,1-3H3/t16-/m0/s1. The van der Waals surface area contributed by atoms with E-state index in [0.29, 0.717) is 6.54 Å². The fourth-order valence-corrected chi connectivity index (χ4v) is 2.38. The Bertz CT molecular complexity index is 587. The molecule has 2 rings (SSSR count). The number of hydrogen-bond acceptors (Lipinski definition) is 3. The third kappa shape index (κ3) is 3.17. The maximum absolute atomic E-state index is 11.8. The maximum atomic E-state index is 11.8. The number of carbonyl (C=O) groups excluding carboxylic acids is 1. The van der Waals surface area contributed by atoms with Crippen molar-refractivity contribution in [1.29, 1.82) is 0 Å². The molecule has 0 aromatic heterocycles. The van der Waals surface area contributed by atoms with Crippen LogP contribution in [0.25, 0.3) is 10.8 Å². The van der Waals surface area contributed by atoms with E-state index in [1.807, 2.05) is 32.0 Å². The van der Waals surface area contributed by atoms with Crippen LogP contribution in [-0.2, 0) is 16.1 Å². The molecular formula is C17H21NO2. The summed E-state index contributed by atoms with van der Waals surface area (Å²) in [4.78, 5) is 11.8. The zero-order chi connectivity index (χ0) is 14.5. The summed E-state index contributed by atoms with van der Waals surface area (Å²) in [5.41, 5.74) is 1.19. The molecule has 2 aromatic rings. The van der Waals surface area contributed by atoms with Gasteiger partial charge >= 0.3 is 5.97 Å². The molecule has 106 valence electrons. The highest BCUT2D eigenvalue weighted by Crippen LogP contribution is 2.18. The topological polar surface area (TPSA) is 38.3 Å². The second kappa shape index (κ2) is 6.53. The summed E-state index contributed by atoms with van der Waals surface area (Å²) < 4.78 is 4.85. The first-order valence-electron chi connectivity index (χ1n) is 6.91. The lowest BCUT2D eigenvalue weighted by Gasteiger charge is -2.20. The molecule has 0 saturated heterocycles. The zero-order valence-electron chi connectivity index (χ0n) is 12.2. The molecule has 3 nitrogen and oxygen atoms in total. The van der Waals surface area contributed by atoms with E-state index in [2.05, 4.69) is 29.6 Å². The van der Waals surface area contributed by atoms with E-state index in [9.17, 15) is 4.79 Å². The van der Waals surface area contributed by atoms with E-state index in [4.69, 9.17) is 4.74 Å². The average molecular weight is 271 g/mol. The Hall–Kier alpha value is -1.87. The lowest BCUT2D eigenvalue weighted by molar-refractivity contribution is -0.144. The first-order chi connectivity index (χ1) is 9.63. The van der Waals surface area contributed by atoms with Crippen molar-refractivity contribution in [2.75, 3.05) is 7.11 Å². The van der Waals surface area contributed by atoms with E-state index >= 15 is 0 Å². The van der Waals surface area contributed by atoms with Crippen molar-refractivity contribution in [1.82, 2.24) is 5.32 Å². The summed E-state index contributed by atoms with van der Waals surface area (Å²) >= 11 is 0. The molecule has 1 atom stereocenters. The van der Waals surface area contributed by atoms with Crippen LogP contribution in [0.5, 0.6) is 0 Å². The molecule has 0 aliphatic rings. The van der Waals surface area contributed by atoms with Gasteiger partial charge < -0.3 is 10.1 Å². The van der Waals surface area contributed by atoms with E-state index < -0.39 is 0 Å². The number of benzene rings is 2. The van der Waals surface area contributed by atoms with Crippen molar-refractivity contribution in [2.24, 2.45) is 5.92 Å². The molecule has 0 saturated carbocycles. The summed E-state index contributed by atoms with van der Waals surface area (Å²) in [7, 11) is 1.43. The largest absolute Gasteiger partial charge is 0.468 e. The van der Waals surface area contributed by atoms with E-state index in [1.54, 1.807) is 0 Å². The fraction of sp³-hybridized carbons (Fsp3) is 0.353. The number of carbonyl (C=O) groups is 1. The van der Waals surface area contributed by atoms with Crippen molar-refractivity contribution in [2.45, 2.75) is 26.4 Å². The van der Waals surface area contributed by atoms with Gasteiger partial charge in [-0.3, -0.25) is 4.79 Å². The predicted molar refractivity (Wildman–Crippen MR) is 81.4 cm³/mol. The minimum Gasteiger partial charge on any atom is -0.468 e. The lowest BCUT2D eigenvalue weighted by atomic mass is 10.0. The van der Waals surface area contributed by atoms with Gasteiger partial charge in [-0.05, 0) is 22.3 Å². The van der Waals surface area contributed by atoms with Crippen LogP contribution in [-0.4, -0.2) is 19.1 Å². The number of fused-ring (bicyclic) bond motifs is 1. The van der Waals surface area contributed by atoms with Gasteiger partial charge in [-0.15, -0.1) is 0 Å². The molecule has 0 fully saturated rings. The first kappa shape index (κ1) is 14.5. The van der Waals surface area contributed by atoms with Crippen LogP contribution in [0.4, 0.5) is 0 Å². The van der Waals surface area contributed by atoms with Crippen molar-refractivity contribution < 1.29 is 9.53 Å². The van der Waals surface area contributed by atoms with Gasteiger partial charge in [0, 0.05) is 6.54 Å². The Morgan fingerprint density at radius 2 is 1.85 bits per heavy atom. The molecule has 0 heterocycles. The Labute approximate surface area is 119 Å². The van der Waals surface area contributed by atoms with Gasteiger partial charge in [-0.25, -0.2) is 0 Å². The third-order valence-electron chi connectivity index (χ3n) is 3.51. The number of hydrogen-bond donors (Lipinski definition) is 1. The monoisotopic (exact) mass is 271 g/mol. The predicted octanol–water partition coefficient (Wildman–Crippen LogP) is 3.13. The molecule has 0 unspecified atom stereocenters. The van der Waals surface area contributed by atoms with Crippen LogP contribution in [0.15, 0.2) is 42.5 Å². The Morgan fingerprint density at radius 3 is 2.55 bits per heavy atom. The number of ether oxygens (including phenoxy) is 1. The average Bonchev–Trinajstić information content (AvgIpc) is 2.47.